The molecule has 4 heteroatoms. The van der Waals surface area contributed by atoms with Gasteiger partial charge in [0.1, 0.15) is 11.2 Å². The maximum absolute atomic E-state index is 12.3. The van der Waals surface area contributed by atoms with Crippen molar-refractivity contribution in [1.82, 2.24) is 0 Å². The summed E-state index contributed by atoms with van der Waals surface area (Å²) in [6.07, 6.45) is 0. The lowest BCUT2D eigenvalue weighted by molar-refractivity contribution is 0.100. The van der Waals surface area contributed by atoms with E-state index in [1.54, 1.807) is 36.4 Å². The number of rotatable bonds is 1. The monoisotopic (exact) mass is 239 g/mol. The van der Waals surface area contributed by atoms with Crippen LogP contribution in [0.2, 0.25) is 0 Å². The fourth-order valence-corrected chi connectivity index (χ4v) is 2.05. The second kappa shape index (κ2) is 3.70. The van der Waals surface area contributed by atoms with Crippen LogP contribution in [-0.4, -0.2) is 5.91 Å². The summed E-state index contributed by atoms with van der Waals surface area (Å²) in [6.45, 7) is 0. The second-order valence-electron chi connectivity index (χ2n) is 3.97. The Balaban J connectivity index is 2.61. The van der Waals surface area contributed by atoms with E-state index in [0.29, 0.717) is 16.6 Å². The van der Waals surface area contributed by atoms with E-state index in [0.717, 1.165) is 0 Å². The van der Waals surface area contributed by atoms with Gasteiger partial charge in [-0.25, -0.2) is 0 Å². The predicted octanol–water partition coefficient (Wildman–Crippen LogP) is 2.05. The van der Waals surface area contributed by atoms with Crippen LogP contribution in [0.1, 0.15) is 10.4 Å². The molecule has 0 unspecified atom stereocenters. The summed E-state index contributed by atoms with van der Waals surface area (Å²) in [4.78, 5) is 23.7. The van der Waals surface area contributed by atoms with Crippen molar-refractivity contribution in [2.24, 2.45) is 5.73 Å². The Morgan fingerprint density at radius 3 is 2.50 bits per heavy atom. The smallest absolute Gasteiger partial charge is 0.249 e. The topological polar surface area (TPSA) is 73.3 Å². The van der Waals surface area contributed by atoms with E-state index >= 15 is 0 Å². The van der Waals surface area contributed by atoms with Crippen LogP contribution in [0, 0.1) is 0 Å². The van der Waals surface area contributed by atoms with E-state index in [4.69, 9.17) is 10.2 Å². The van der Waals surface area contributed by atoms with Gasteiger partial charge in [0.2, 0.25) is 11.3 Å². The molecule has 2 N–H and O–H groups in total. The first-order chi connectivity index (χ1) is 8.68. The molecule has 0 aliphatic heterocycles. The average molecular weight is 239 g/mol. The summed E-state index contributed by atoms with van der Waals surface area (Å²) < 4.78 is 5.61. The first kappa shape index (κ1) is 10.5. The molecular formula is C14H9NO3. The summed E-state index contributed by atoms with van der Waals surface area (Å²) in [5.41, 5.74) is 6.09. The molecule has 0 saturated heterocycles. The molecule has 3 rings (SSSR count). The van der Waals surface area contributed by atoms with Crippen molar-refractivity contribution in [2.75, 3.05) is 0 Å². The molecule has 88 valence electrons. The van der Waals surface area contributed by atoms with Crippen molar-refractivity contribution >= 4 is 27.8 Å². The van der Waals surface area contributed by atoms with Crippen LogP contribution in [0.15, 0.2) is 51.7 Å². The Labute approximate surface area is 102 Å². The number of fused-ring (bicyclic) bond motifs is 2. The zero-order valence-electron chi connectivity index (χ0n) is 9.34. The zero-order chi connectivity index (χ0) is 12.7. The van der Waals surface area contributed by atoms with Gasteiger partial charge in [-0.3, -0.25) is 9.59 Å². The van der Waals surface area contributed by atoms with Gasteiger partial charge in [0.05, 0.1) is 16.3 Å². The summed E-state index contributed by atoms with van der Waals surface area (Å²) in [5.74, 6) is -0.636. The first-order valence-electron chi connectivity index (χ1n) is 5.43. The first-order valence-corrected chi connectivity index (χ1v) is 5.43. The van der Waals surface area contributed by atoms with Gasteiger partial charge in [0.15, 0.2) is 0 Å². The number of benzene rings is 2. The summed E-state index contributed by atoms with van der Waals surface area (Å²) in [7, 11) is 0. The number of carbonyl (C=O) groups excluding carboxylic acids is 1. The zero-order valence-corrected chi connectivity index (χ0v) is 9.34. The van der Waals surface area contributed by atoms with E-state index < -0.39 is 5.91 Å². The van der Waals surface area contributed by atoms with Crippen molar-refractivity contribution in [3.8, 4) is 0 Å². The molecule has 3 aromatic rings. The van der Waals surface area contributed by atoms with Gasteiger partial charge >= 0.3 is 0 Å². The van der Waals surface area contributed by atoms with Crippen LogP contribution in [0.3, 0.4) is 0 Å². The summed E-state index contributed by atoms with van der Waals surface area (Å²) in [6, 6.07) is 11.7. The number of nitrogens with two attached hydrogens (primary N) is 1. The Morgan fingerprint density at radius 1 is 1.00 bits per heavy atom. The van der Waals surface area contributed by atoms with Crippen LogP contribution < -0.4 is 11.2 Å². The molecule has 0 saturated carbocycles. The van der Waals surface area contributed by atoms with E-state index in [2.05, 4.69) is 0 Å². The molecule has 0 fully saturated rings. The molecule has 2 aromatic carbocycles. The highest BCUT2D eigenvalue weighted by Gasteiger charge is 2.13. The van der Waals surface area contributed by atoms with Crippen LogP contribution in [0.4, 0.5) is 0 Å². The largest absolute Gasteiger partial charge is 0.456 e. The highest BCUT2D eigenvalue weighted by atomic mass is 16.3. The van der Waals surface area contributed by atoms with Gasteiger partial charge in [-0.15, -0.1) is 0 Å². The highest BCUT2D eigenvalue weighted by molar-refractivity contribution is 6.06. The number of amides is 1. The minimum Gasteiger partial charge on any atom is -0.456 e. The third-order valence-electron chi connectivity index (χ3n) is 2.87. The number of hydrogen-bond acceptors (Lipinski definition) is 3. The van der Waals surface area contributed by atoms with Crippen LogP contribution in [-0.2, 0) is 0 Å². The van der Waals surface area contributed by atoms with E-state index in [-0.39, 0.29) is 16.4 Å². The Bertz CT molecular complexity index is 833. The molecule has 18 heavy (non-hydrogen) atoms. The summed E-state index contributed by atoms with van der Waals surface area (Å²) >= 11 is 0. The molecule has 1 amide bonds. The molecule has 0 atom stereocenters. The van der Waals surface area contributed by atoms with Crippen molar-refractivity contribution in [3.63, 3.8) is 0 Å². The minimum absolute atomic E-state index is 0.187. The molecular weight excluding hydrogens is 230 g/mol. The molecule has 0 aliphatic carbocycles. The van der Waals surface area contributed by atoms with Gasteiger partial charge in [-0.2, -0.15) is 0 Å². The van der Waals surface area contributed by atoms with Crippen LogP contribution in [0.5, 0.6) is 0 Å². The predicted molar refractivity (Wildman–Crippen MR) is 68.5 cm³/mol. The number of primary amides is 1. The molecule has 1 heterocycles. The molecule has 0 aliphatic rings. The lowest BCUT2D eigenvalue weighted by Crippen LogP contribution is -2.15. The fraction of sp³-hybridized carbons (Fsp3) is 0. The van der Waals surface area contributed by atoms with Crippen molar-refractivity contribution in [1.29, 1.82) is 0 Å². The van der Waals surface area contributed by atoms with E-state index in [1.165, 1.54) is 6.07 Å². The minimum atomic E-state index is -0.636. The van der Waals surface area contributed by atoms with Crippen LogP contribution >= 0.6 is 0 Å². The number of para-hydroxylation sites is 1. The van der Waals surface area contributed by atoms with Gasteiger partial charge in [-0.1, -0.05) is 18.2 Å². The number of hydrogen-bond donors (Lipinski definition) is 1. The maximum Gasteiger partial charge on any atom is 0.249 e. The second-order valence-corrected chi connectivity index (χ2v) is 3.97. The van der Waals surface area contributed by atoms with Gasteiger partial charge in [0, 0.05) is 0 Å². The van der Waals surface area contributed by atoms with Gasteiger partial charge < -0.3 is 10.2 Å². The highest BCUT2D eigenvalue weighted by Crippen LogP contribution is 2.20. The van der Waals surface area contributed by atoms with Gasteiger partial charge in [0.25, 0.3) is 0 Å². The SMILES string of the molecule is NC(=O)c1cccc2oc3ccccc3c(=O)c12. The number of carbonyl (C=O) groups is 1. The Morgan fingerprint density at radius 2 is 1.72 bits per heavy atom. The Kier molecular flexibility index (Phi) is 2.16. The molecule has 0 radical (unpaired) electrons. The van der Waals surface area contributed by atoms with Crippen molar-refractivity contribution in [3.05, 3.63) is 58.3 Å². The maximum atomic E-state index is 12.3. The third kappa shape index (κ3) is 1.39. The lowest BCUT2D eigenvalue weighted by Gasteiger charge is -2.03. The normalized spacial score (nSPS) is 10.9. The van der Waals surface area contributed by atoms with Crippen LogP contribution in [0.25, 0.3) is 21.9 Å². The third-order valence-corrected chi connectivity index (χ3v) is 2.87. The van der Waals surface area contributed by atoms with Crippen molar-refractivity contribution < 1.29 is 9.21 Å². The average Bonchev–Trinajstić information content (AvgIpc) is 2.38. The van der Waals surface area contributed by atoms with E-state index in [1.807, 2.05) is 0 Å². The quantitative estimate of drug-likeness (QED) is 0.660. The summed E-state index contributed by atoms with van der Waals surface area (Å²) in [5, 5.41) is 0.683. The van der Waals surface area contributed by atoms with E-state index in [9.17, 15) is 9.59 Å². The molecule has 1 aromatic heterocycles. The molecule has 0 spiro atoms. The lowest BCUT2D eigenvalue weighted by atomic mass is 10.1. The fourth-order valence-electron chi connectivity index (χ4n) is 2.05. The molecule has 0 bridgehead atoms. The Hall–Kier alpha value is -2.62. The van der Waals surface area contributed by atoms with Crippen molar-refractivity contribution in [2.45, 2.75) is 0 Å². The molecule has 4 nitrogen and oxygen atoms in total. The standard InChI is InChI=1S/C14H9NO3/c15-14(17)9-5-3-7-11-12(9)13(16)8-4-1-2-6-10(8)18-11/h1-7H,(H2,15,17). The van der Waals surface area contributed by atoms with Gasteiger partial charge in [-0.05, 0) is 24.3 Å².